The Kier molecular flexibility index (Phi) is 2.96. The lowest BCUT2D eigenvalue weighted by Crippen LogP contribution is -2.17. The van der Waals surface area contributed by atoms with Gasteiger partial charge in [0.15, 0.2) is 0 Å². The molecule has 0 N–H and O–H groups in total. The van der Waals surface area contributed by atoms with Crippen molar-refractivity contribution in [2.24, 2.45) is 5.41 Å². The van der Waals surface area contributed by atoms with Crippen molar-refractivity contribution >= 4 is 0 Å². The predicted molar refractivity (Wildman–Crippen MR) is 65.4 cm³/mol. The Bertz CT molecular complexity index is 468. The van der Waals surface area contributed by atoms with Crippen molar-refractivity contribution in [2.45, 2.75) is 33.6 Å². The molecule has 2 aromatic rings. The first-order valence-electron chi connectivity index (χ1n) is 5.71. The fourth-order valence-corrected chi connectivity index (χ4v) is 1.44. The van der Waals surface area contributed by atoms with Crippen LogP contribution in [0.4, 0.5) is 0 Å². The van der Waals surface area contributed by atoms with Crippen LogP contribution in [0.1, 0.15) is 39.4 Å². The van der Waals surface area contributed by atoms with Gasteiger partial charge in [-0.15, -0.1) is 0 Å². The number of hydrogen-bond acceptors (Lipinski definition) is 4. The van der Waals surface area contributed by atoms with E-state index in [-0.39, 0.29) is 5.41 Å². The van der Waals surface area contributed by atoms with Crippen LogP contribution in [-0.4, -0.2) is 15.1 Å². The van der Waals surface area contributed by atoms with E-state index in [1.807, 2.05) is 0 Å². The summed E-state index contributed by atoms with van der Waals surface area (Å²) in [5, 5.41) is 3.85. The highest BCUT2D eigenvalue weighted by Crippen LogP contribution is 2.32. The maximum atomic E-state index is 4.80. The summed E-state index contributed by atoms with van der Waals surface area (Å²) in [6.07, 6.45) is 5.13. The van der Waals surface area contributed by atoms with Gasteiger partial charge in [-0.3, -0.25) is 0 Å². The van der Waals surface area contributed by atoms with Crippen LogP contribution in [0.2, 0.25) is 0 Å². The molecule has 0 unspecified atom stereocenters. The lowest BCUT2D eigenvalue weighted by atomic mass is 9.81. The molecule has 17 heavy (non-hydrogen) atoms. The molecule has 90 valence electrons. The summed E-state index contributed by atoms with van der Waals surface area (Å²) >= 11 is 0. The Hall–Kier alpha value is -1.71. The average Bonchev–Trinajstić information content (AvgIpc) is 2.80. The molecular weight excluding hydrogens is 214 g/mol. The second-order valence-electron chi connectivity index (χ2n) is 5.30. The van der Waals surface area contributed by atoms with Gasteiger partial charge in [-0.25, -0.2) is 9.97 Å². The van der Waals surface area contributed by atoms with E-state index in [4.69, 9.17) is 4.52 Å². The fraction of sp³-hybridized carbons (Fsp3) is 0.462. The van der Waals surface area contributed by atoms with Gasteiger partial charge in [0.25, 0.3) is 0 Å². The highest BCUT2D eigenvalue weighted by atomic mass is 16.5. The lowest BCUT2D eigenvalue weighted by Gasteiger charge is -2.25. The van der Waals surface area contributed by atoms with Crippen molar-refractivity contribution < 1.29 is 4.52 Å². The number of nitrogens with zero attached hydrogens (tertiary/aromatic N) is 3. The van der Waals surface area contributed by atoms with E-state index in [0.717, 1.165) is 17.1 Å². The number of hydrogen-bond donors (Lipinski definition) is 0. The molecule has 0 aliphatic carbocycles. The summed E-state index contributed by atoms with van der Waals surface area (Å²) in [5.41, 5.74) is 1.80. The maximum Gasteiger partial charge on any atom is 0.131 e. The molecule has 0 amide bonds. The third-order valence-corrected chi connectivity index (χ3v) is 3.09. The number of aromatic nitrogens is 3. The summed E-state index contributed by atoms with van der Waals surface area (Å²) in [6.45, 7) is 8.71. The van der Waals surface area contributed by atoms with E-state index in [0.29, 0.717) is 5.92 Å². The van der Waals surface area contributed by atoms with Crippen LogP contribution in [0, 0.1) is 5.41 Å². The van der Waals surface area contributed by atoms with Crippen LogP contribution in [0.3, 0.4) is 0 Å². The molecule has 1 atom stereocenters. The molecule has 0 spiro atoms. The third-order valence-electron chi connectivity index (χ3n) is 3.09. The SMILES string of the molecule is C[C@H](c1ncc(-c2ccon2)cn1)C(C)(C)C. The predicted octanol–water partition coefficient (Wildman–Crippen LogP) is 3.28. The molecule has 0 aliphatic heterocycles. The Labute approximate surface area is 101 Å². The summed E-state index contributed by atoms with van der Waals surface area (Å²) in [6, 6.07) is 1.80. The van der Waals surface area contributed by atoms with Crippen molar-refractivity contribution in [1.82, 2.24) is 15.1 Å². The van der Waals surface area contributed by atoms with Gasteiger partial charge < -0.3 is 4.52 Å². The highest BCUT2D eigenvalue weighted by Gasteiger charge is 2.23. The molecule has 0 saturated carbocycles. The molecule has 2 heterocycles. The Morgan fingerprint density at radius 1 is 1.18 bits per heavy atom. The molecule has 0 aromatic carbocycles. The summed E-state index contributed by atoms with van der Waals surface area (Å²) in [5.74, 6) is 1.18. The fourth-order valence-electron chi connectivity index (χ4n) is 1.44. The van der Waals surface area contributed by atoms with Crippen LogP contribution in [0.25, 0.3) is 11.3 Å². The first-order valence-corrected chi connectivity index (χ1v) is 5.71. The Balaban J connectivity index is 2.25. The zero-order valence-corrected chi connectivity index (χ0v) is 10.6. The van der Waals surface area contributed by atoms with Gasteiger partial charge in [0.05, 0.1) is 0 Å². The van der Waals surface area contributed by atoms with Gasteiger partial charge >= 0.3 is 0 Å². The van der Waals surface area contributed by atoms with Crippen LogP contribution < -0.4 is 0 Å². The summed E-state index contributed by atoms with van der Waals surface area (Å²) in [7, 11) is 0. The smallest absolute Gasteiger partial charge is 0.131 e. The monoisotopic (exact) mass is 231 g/mol. The van der Waals surface area contributed by atoms with E-state index >= 15 is 0 Å². The molecule has 4 nitrogen and oxygen atoms in total. The van der Waals surface area contributed by atoms with Crippen molar-refractivity contribution in [3.63, 3.8) is 0 Å². The minimum Gasteiger partial charge on any atom is -0.364 e. The maximum absolute atomic E-state index is 4.80. The van der Waals surface area contributed by atoms with Crippen molar-refractivity contribution in [2.75, 3.05) is 0 Å². The van der Waals surface area contributed by atoms with Crippen molar-refractivity contribution in [1.29, 1.82) is 0 Å². The van der Waals surface area contributed by atoms with E-state index in [2.05, 4.69) is 42.8 Å². The van der Waals surface area contributed by atoms with E-state index < -0.39 is 0 Å². The standard InChI is InChI=1S/C13H17N3O/c1-9(13(2,3)4)12-14-7-10(8-15-12)11-5-6-17-16-11/h5-9H,1-4H3/t9-/m1/s1. The normalized spacial score (nSPS) is 13.6. The zero-order valence-electron chi connectivity index (χ0n) is 10.6. The Morgan fingerprint density at radius 2 is 1.82 bits per heavy atom. The number of rotatable bonds is 2. The van der Waals surface area contributed by atoms with Crippen molar-refractivity contribution in [3.8, 4) is 11.3 Å². The minimum atomic E-state index is 0.162. The topological polar surface area (TPSA) is 51.8 Å². The van der Waals surface area contributed by atoms with Crippen LogP contribution >= 0.6 is 0 Å². The van der Waals surface area contributed by atoms with Gasteiger partial charge in [-0.2, -0.15) is 0 Å². The summed E-state index contributed by atoms with van der Waals surface area (Å²) < 4.78 is 4.80. The molecule has 4 heteroatoms. The molecule has 0 saturated heterocycles. The second-order valence-corrected chi connectivity index (χ2v) is 5.30. The van der Waals surface area contributed by atoms with E-state index in [9.17, 15) is 0 Å². The third kappa shape index (κ3) is 2.52. The van der Waals surface area contributed by atoms with Gasteiger partial charge in [-0.1, -0.05) is 32.9 Å². The van der Waals surface area contributed by atoms with Crippen LogP contribution in [-0.2, 0) is 0 Å². The second kappa shape index (κ2) is 4.28. The van der Waals surface area contributed by atoms with Crippen molar-refractivity contribution in [3.05, 3.63) is 30.5 Å². The molecule has 2 rings (SSSR count). The Morgan fingerprint density at radius 3 is 2.29 bits per heavy atom. The highest BCUT2D eigenvalue weighted by molar-refractivity contribution is 5.55. The molecule has 0 fully saturated rings. The van der Waals surface area contributed by atoms with Gasteiger partial charge in [0, 0.05) is 29.9 Å². The largest absolute Gasteiger partial charge is 0.364 e. The van der Waals surface area contributed by atoms with Gasteiger partial charge in [-0.05, 0) is 5.41 Å². The lowest BCUT2D eigenvalue weighted by molar-refractivity contribution is 0.328. The van der Waals surface area contributed by atoms with Crippen LogP contribution in [0.15, 0.2) is 29.2 Å². The summed E-state index contributed by atoms with van der Waals surface area (Å²) in [4.78, 5) is 8.82. The average molecular weight is 231 g/mol. The van der Waals surface area contributed by atoms with Crippen LogP contribution in [0.5, 0.6) is 0 Å². The quantitative estimate of drug-likeness (QED) is 0.795. The van der Waals surface area contributed by atoms with E-state index in [1.165, 1.54) is 0 Å². The van der Waals surface area contributed by atoms with Gasteiger partial charge in [0.2, 0.25) is 0 Å². The minimum absolute atomic E-state index is 0.162. The first kappa shape index (κ1) is 11.8. The molecule has 0 aliphatic rings. The van der Waals surface area contributed by atoms with Gasteiger partial charge in [0.1, 0.15) is 17.8 Å². The zero-order chi connectivity index (χ0) is 12.5. The molecule has 0 radical (unpaired) electrons. The molecule has 2 aromatic heterocycles. The van der Waals surface area contributed by atoms with E-state index in [1.54, 1.807) is 24.7 Å². The first-order chi connectivity index (χ1) is 7.98. The molecular formula is C13H17N3O. The molecule has 0 bridgehead atoms.